The maximum absolute atomic E-state index is 12.8. The van der Waals surface area contributed by atoms with E-state index >= 15 is 0 Å². The molecule has 0 bridgehead atoms. The summed E-state index contributed by atoms with van der Waals surface area (Å²) in [5.41, 5.74) is -3.67. The van der Waals surface area contributed by atoms with Crippen LogP contribution in [0.1, 0.15) is 16.7 Å². The van der Waals surface area contributed by atoms with Gasteiger partial charge in [-0.05, 0) is 42.0 Å². The van der Waals surface area contributed by atoms with E-state index in [-0.39, 0.29) is 11.8 Å². The van der Waals surface area contributed by atoms with Crippen molar-refractivity contribution in [3.63, 3.8) is 0 Å². The van der Waals surface area contributed by atoms with Gasteiger partial charge >= 0.3 is 24.9 Å². The predicted octanol–water partition coefficient (Wildman–Crippen LogP) is 5.52. The molecule has 0 unspecified atom stereocenters. The molecule has 0 aliphatic heterocycles. The molecule has 2 aromatic rings. The van der Waals surface area contributed by atoms with Crippen LogP contribution in [0.5, 0.6) is 5.75 Å². The van der Waals surface area contributed by atoms with Crippen LogP contribution in [-0.2, 0) is 26.7 Å². The summed E-state index contributed by atoms with van der Waals surface area (Å²) < 4.78 is 110. The van der Waals surface area contributed by atoms with Crippen LogP contribution in [0, 0.1) is 0 Å². The summed E-state index contributed by atoms with van der Waals surface area (Å²) in [5, 5.41) is 1.80. The van der Waals surface area contributed by atoms with Crippen LogP contribution in [0.25, 0.3) is 6.08 Å². The lowest BCUT2D eigenvalue weighted by molar-refractivity contribution is -0.143. The minimum atomic E-state index is -5.10. The average Bonchev–Trinajstić information content (AvgIpc) is 2.70. The molecule has 0 fully saturated rings. The van der Waals surface area contributed by atoms with E-state index in [0.29, 0.717) is 17.7 Å². The molecule has 13 heteroatoms. The van der Waals surface area contributed by atoms with Crippen molar-refractivity contribution in [2.75, 3.05) is 11.9 Å². The van der Waals surface area contributed by atoms with Gasteiger partial charge in [0.05, 0.1) is 11.1 Å². The summed E-state index contributed by atoms with van der Waals surface area (Å²) in [4.78, 5) is 23.4. The molecule has 0 saturated carbocycles. The minimum absolute atomic E-state index is 0.105. The fourth-order valence-corrected chi connectivity index (χ4v) is 2.33. The van der Waals surface area contributed by atoms with Gasteiger partial charge in [0, 0.05) is 11.8 Å². The van der Waals surface area contributed by atoms with Gasteiger partial charge < -0.3 is 14.8 Å². The number of halogens is 8. The van der Waals surface area contributed by atoms with Gasteiger partial charge in [-0.15, -0.1) is 0 Å². The molecule has 1 N–H and O–H groups in total. The van der Waals surface area contributed by atoms with Crippen molar-refractivity contribution in [2.24, 2.45) is 0 Å². The lowest BCUT2D eigenvalue weighted by atomic mass is 10.1. The molecule has 2 rings (SSSR count). The number of benzene rings is 2. The Bertz CT molecular complexity index is 982. The van der Waals surface area contributed by atoms with E-state index in [0.717, 1.165) is 6.08 Å². The molecule has 0 spiro atoms. The van der Waals surface area contributed by atoms with E-state index < -0.39 is 54.3 Å². The van der Waals surface area contributed by atoms with Crippen molar-refractivity contribution in [2.45, 2.75) is 19.0 Å². The highest BCUT2D eigenvalue weighted by Crippen LogP contribution is 2.37. The highest BCUT2D eigenvalue weighted by atomic mass is 19.4. The second-order valence-electron chi connectivity index (χ2n) is 6.23. The van der Waals surface area contributed by atoms with Crippen molar-refractivity contribution in [1.82, 2.24) is 0 Å². The Balaban J connectivity index is 1.97. The van der Waals surface area contributed by atoms with Gasteiger partial charge in [0.2, 0.25) is 0 Å². The number of rotatable bonds is 7. The summed E-state index contributed by atoms with van der Waals surface area (Å²) in [7, 11) is 0. The molecule has 5 nitrogen and oxygen atoms in total. The average molecular weight is 483 g/mol. The molecule has 0 aliphatic rings. The van der Waals surface area contributed by atoms with Gasteiger partial charge in [-0.2, -0.15) is 35.1 Å². The number of anilines is 1. The summed E-state index contributed by atoms with van der Waals surface area (Å²) >= 11 is 0. The molecule has 0 saturated heterocycles. The Hall–Kier alpha value is -3.64. The summed E-state index contributed by atoms with van der Waals surface area (Å²) in [6, 6.07) is 5.57. The first-order chi connectivity index (χ1) is 15.2. The van der Waals surface area contributed by atoms with Crippen molar-refractivity contribution < 1.29 is 54.2 Å². The zero-order chi connectivity index (χ0) is 24.8. The second kappa shape index (κ2) is 10.3. The third-order valence-electron chi connectivity index (χ3n) is 3.73. The van der Waals surface area contributed by atoms with Crippen molar-refractivity contribution in [3.8, 4) is 5.75 Å². The number of carbonyl (C=O) groups is 2. The Kier molecular flexibility index (Phi) is 8.01. The Labute approximate surface area is 180 Å². The molecule has 0 aliphatic carbocycles. The molecular weight excluding hydrogens is 470 g/mol. The number of ether oxygens (including phenoxy) is 2. The van der Waals surface area contributed by atoms with Crippen molar-refractivity contribution >= 4 is 23.6 Å². The molecule has 2 aromatic carbocycles. The monoisotopic (exact) mass is 483 g/mol. The highest BCUT2D eigenvalue weighted by molar-refractivity contribution is 5.94. The number of amides is 1. The number of hydrogen-bond donors (Lipinski definition) is 1. The van der Waals surface area contributed by atoms with E-state index in [1.165, 1.54) is 30.3 Å². The molecule has 0 radical (unpaired) electrons. The number of hydrogen-bond acceptors (Lipinski definition) is 4. The second-order valence-corrected chi connectivity index (χ2v) is 6.23. The van der Waals surface area contributed by atoms with Crippen LogP contribution in [0.4, 0.5) is 40.8 Å². The molecule has 0 atom stereocenters. The van der Waals surface area contributed by atoms with E-state index in [9.17, 15) is 44.7 Å². The van der Waals surface area contributed by atoms with Crippen molar-refractivity contribution in [1.29, 1.82) is 0 Å². The zero-order valence-electron chi connectivity index (χ0n) is 16.1. The van der Waals surface area contributed by atoms with Crippen LogP contribution < -0.4 is 10.1 Å². The van der Waals surface area contributed by atoms with Gasteiger partial charge in [-0.1, -0.05) is 12.1 Å². The third-order valence-corrected chi connectivity index (χ3v) is 3.73. The number of esters is 1. The predicted molar refractivity (Wildman–Crippen MR) is 98.1 cm³/mol. The standard InChI is InChI=1S/C20H13F8NO4/c21-18(22)33-15-4-1-11(2-5-15)3-6-17(31)32-10-16(30)29-14-8-12(19(23,24)25)7-13(9-14)20(26,27)28/h1-9,18H,10H2,(H,29,30)/b6-3+. The SMILES string of the molecule is O=C(COC(=O)/C=C/c1ccc(OC(F)F)cc1)Nc1cc(C(F)(F)F)cc(C(F)(F)F)c1. The maximum Gasteiger partial charge on any atom is 0.416 e. The van der Waals surface area contributed by atoms with Crippen LogP contribution in [0.3, 0.4) is 0 Å². The topological polar surface area (TPSA) is 64.6 Å². The molecular formula is C20H13F8NO4. The number of alkyl halides is 8. The van der Waals surface area contributed by atoms with E-state index in [1.54, 1.807) is 5.32 Å². The van der Waals surface area contributed by atoms with Crippen LogP contribution >= 0.6 is 0 Å². The summed E-state index contributed by atoms with van der Waals surface area (Å²) in [6.07, 6.45) is -8.12. The van der Waals surface area contributed by atoms with E-state index in [2.05, 4.69) is 9.47 Å². The first kappa shape index (κ1) is 25.6. The van der Waals surface area contributed by atoms with Gasteiger partial charge in [-0.25, -0.2) is 4.79 Å². The summed E-state index contributed by atoms with van der Waals surface area (Å²) in [6.45, 7) is -4.01. The third kappa shape index (κ3) is 8.43. The molecule has 33 heavy (non-hydrogen) atoms. The number of carbonyl (C=O) groups excluding carboxylic acids is 2. The Morgan fingerprint density at radius 3 is 1.94 bits per heavy atom. The van der Waals surface area contributed by atoms with Gasteiger partial charge in [0.1, 0.15) is 5.75 Å². The Morgan fingerprint density at radius 2 is 1.45 bits per heavy atom. The van der Waals surface area contributed by atoms with Crippen LogP contribution in [-0.4, -0.2) is 25.1 Å². The van der Waals surface area contributed by atoms with Crippen molar-refractivity contribution in [3.05, 3.63) is 65.2 Å². The fraction of sp³-hybridized carbons (Fsp3) is 0.200. The van der Waals surface area contributed by atoms with Gasteiger partial charge in [0.15, 0.2) is 6.61 Å². The molecule has 0 aromatic heterocycles. The molecule has 178 valence electrons. The van der Waals surface area contributed by atoms with E-state index in [1.807, 2.05) is 0 Å². The smallest absolute Gasteiger partial charge is 0.416 e. The zero-order valence-corrected chi connectivity index (χ0v) is 16.1. The van der Waals surface area contributed by atoms with E-state index in [4.69, 9.17) is 0 Å². The fourth-order valence-electron chi connectivity index (χ4n) is 2.33. The lowest BCUT2D eigenvalue weighted by Crippen LogP contribution is -2.21. The molecule has 0 heterocycles. The van der Waals surface area contributed by atoms with Crippen LogP contribution in [0.2, 0.25) is 0 Å². The summed E-state index contributed by atoms with van der Waals surface area (Å²) in [5.74, 6) is -2.36. The number of nitrogens with one attached hydrogen (secondary N) is 1. The first-order valence-corrected chi connectivity index (χ1v) is 8.73. The van der Waals surface area contributed by atoms with Gasteiger partial charge in [-0.3, -0.25) is 4.79 Å². The lowest BCUT2D eigenvalue weighted by Gasteiger charge is -2.14. The molecule has 1 amide bonds. The Morgan fingerprint density at radius 1 is 0.909 bits per heavy atom. The first-order valence-electron chi connectivity index (χ1n) is 8.73. The maximum atomic E-state index is 12.8. The quantitative estimate of drug-likeness (QED) is 0.320. The van der Waals surface area contributed by atoms with Crippen LogP contribution in [0.15, 0.2) is 48.5 Å². The largest absolute Gasteiger partial charge is 0.452 e. The highest BCUT2D eigenvalue weighted by Gasteiger charge is 2.37. The minimum Gasteiger partial charge on any atom is -0.452 e. The normalized spacial score (nSPS) is 12.2. The van der Waals surface area contributed by atoms with Gasteiger partial charge in [0.25, 0.3) is 5.91 Å².